The number of dihydropyridines is 1. The zero-order chi connectivity index (χ0) is 25.4. The van der Waals surface area contributed by atoms with Gasteiger partial charge in [-0.25, -0.2) is 10.8 Å². The van der Waals surface area contributed by atoms with Crippen LogP contribution in [0.4, 0.5) is 11.4 Å². The van der Waals surface area contributed by atoms with Crippen molar-refractivity contribution in [2.24, 2.45) is 5.84 Å². The average molecular weight is 489 g/mol. The van der Waals surface area contributed by atoms with Crippen LogP contribution >= 0.6 is 0 Å². The van der Waals surface area contributed by atoms with E-state index in [2.05, 4.69) is 15.6 Å². The van der Waals surface area contributed by atoms with E-state index in [4.69, 9.17) is 16.1 Å². The van der Waals surface area contributed by atoms with Crippen LogP contribution in [0.25, 0.3) is 5.57 Å². The number of oxazole rings is 1. The number of Topliss-reactive ketones (excluding diaryl/α,β-unsaturated/α-hetero) is 1. The highest BCUT2D eigenvalue weighted by atomic mass is 16.3. The number of anilines is 2. The third-order valence-corrected chi connectivity index (χ3v) is 6.05. The number of hydrazine groups is 1. The number of allylic oxidation sites excluding steroid dienone is 2. The lowest BCUT2D eigenvalue weighted by Crippen LogP contribution is -2.50. The maximum absolute atomic E-state index is 13.4. The van der Waals surface area contributed by atoms with Crippen LogP contribution < -0.4 is 22.3 Å². The number of carbonyl (C=O) groups is 3. The Hall–Kier alpha value is -4.84. The lowest BCUT2D eigenvalue weighted by Gasteiger charge is -2.27. The van der Waals surface area contributed by atoms with Crippen LogP contribution in [0.15, 0.2) is 65.8 Å². The minimum atomic E-state index is -0.625. The van der Waals surface area contributed by atoms with Crippen LogP contribution in [0, 0.1) is 0 Å². The van der Waals surface area contributed by atoms with Gasteiger partial charge in [0.15, 0.2) is 17.9 Å². The summed E-state index contributed by atoms with van der Waals surface area (Å²) in [5, 5.41) is 7.40. The molecule has 2 aliphatic rings. The Morgan fingerprint density at radius 3 is 2.72 bits per heavy atom. The molecular formula is C24H24N8O4. The van der Waals surface area contributed by atoms with Crippen LogP contribution in [0.1, 0.15) is 39.2 Å². The predicted octanol–water partition coefficient (Wildman–Crippen LogP) is 1.32. The maximum atomic E-state index is 13.4. The van der Waals surface area contributed by atoms with Crippen molar-refractivity contribution >= 4 is 34.5 Å². The molecule has 4 heterocycles. The van der Waals surface area contributed by atoms with Crippen molar-refractivity contribution in [1.29, 1.82) is 0 Å². The minimum Gasteiger partial charge on any atom is -0.451 e. The molecule has 6 N–H and O–H groups in total. The number of rotatable bonds is 5. The van der Waals surface area contributed by atoms with E-state index in [0.717, 1.165) is 17.1 Å². The number of hydrogen-bond acceptors (Lipinski definition) is 9. The number of benzene rings is 1. The van der Waals surface area contributed by atoms with Crippen molar-refractivity contribution in [3.05, 3.63) is 84.0 Å². The standard InChI is InChI=1S/C24H24N8O4/c1-14(33)31(25)20-9-15(7-8-27-20)23-22(29-16-5-3-2-4-6-16)21-18(32(23)26)10-30(11-19(21)34)24(35)17-12-36-13-28-17/h2-9,12-13,20,27,29H,10-11,25-26H2,1H3. The molecule has 0 saturated carbocycles. The molecule has 5 rings (SSSR count). The number of aromatic nitrogens is 2. The molecule has 0 bridgehead atoms. The zero-order valence-corrected chi connectivity index (χ0v) is 19.3. The lowest BCUT2D eigenvalue weighted by atomic mass is 10.0. The topological polar surface area (TPSA) is 165 Å². The molecule has 3 aromatic rings. The number of nitrogens with two attached hydrogens (primary N) is 2. The van der Waals surface area contributed by atoms with E-state index in [-0.39, 0.29) is 30.5 Å². The van der Waals surface area contributed by atoms with Crippen molar-refractivity contribution in [1.82, 2.24) is 24.9 Å². The fourth-order valence-corrected chi connectivity index (χ4v) is 4.30. The molecule has 0 saturated heterocycles. The van der Waals surface area contributed by atoms with Crippen LogP contribution in [-0.4, -0.2) is 49.9 Å². The number of carbonyl (C=O) groups excluding carboxylic acids is 3. The average Bonchev–Trinajstić information content (AvgIpc) is 3.51. The zero-order valence-electron chi connectivity index (χ0n) is 19.3. The second-order valence-electron chi connectivity index (χ2n) is 8.36. The second kappa shape index (κ2) is 9.07. The Morgan fingerprint density at radius 2 is 2.03 bits per heavy atom. The summed E-state index contributed by atoms with van der Waals surface area (Å²) in [6.45, 7) is 1.30. The number of fused-ring (bicyclic) bond motifs is 1. The Morgan fingerprint density at radius 1 is 1.25 bits per heavy atom. The van der Waals surface area contributed by atoms with Crippen LogP contribution in [-0.2, 0) is 11.3 Å². The molecule has 2 aromatic heterocycles. The highest BCUT2D eigenvalue weighted by Crippen LogP contribution is 2.38. The van der Waals surface area contributed by atoms with Gasteiger partial charge in [0.2, 0.25) is 5.91 Å². The van der Waals surface area contributed by atoms with Crippen LogP contribution in [0.3, 0.4) is 0 Å². The summed E-state index contributed by atoms with van der Waals surface area (Å²) < 4.78 is 6.32. The number of amides is 2. The van der Waals surface area contributed by atoms with Crippen molar-refractivity contribution in [3.8, 4) is 0 Å². The molecule has 1 unspecified atom stereocenters. The van der Waals surface area contributed by atoms with E-state index < -0.39 is 12.1 Å². The van der Waals surface area contributed by atoms with Gasteiger partial charge in [0.25, 0.3) is 5.91 Å². The number of nitrogens with one attached hydrogen (secondary N) is 2. The van der Waals surface area contributed by atoms with Gasteiger partial charge in [0.05, 0.1) is 35.7 Å². The van der Waals surface area contributed by atoms with Gasteiger partial charge in [-0.05, 0) is 30.5 Å². The van der Waals surface area contributed by atoms with E-state index in [0.29, 0.717) is 28.2 Å². The van der Waals surface area contributed by atoms with Crippen LogP contribution in [0.2, 0.25) is 0 Å². The number of ketones is 1. The summed E-state index contributed by atoms with van der Waals surface area (Å²) in [4.78, 5) is 43.4. The Kier molecular flexibility index (Phi) is 5.78. The Labute approximate surface area is 205 Å². The monoisotopic (exact) mass is 488 g/mol. The SMILES string of the molecule is CC(=O)N(N)C1C=C(c2c(Nc3ccccc3)c3c(n2N)CN(C(=O)c2cocn2)CC3=O)C=CN1. The van der Waals surface area contributed by atoms with Crippen molar-refractivity contribution in [2.75, 3.05) is 17.7 Å². The minimum absolute atomic E-state index is 0.0852. The third kappa shape index (κ3) is 3.99. The van der Waals surface area contributed by atoms with Gasteiger partial charge < -0.3 is 25.8 Å². The summed E-state index contributed by atoms with van der Waals surface area (Å²) in [6.07, 6.45) is 6.93. The van der Waals surface area contributed by atoms with Gasteiger partial charge in [-0.3, -0.25) is 24.1 Å². The first-order chi connectivity index (χ1) is 17.3. The van der Waals surface area contributed by atoms with Crippen molar-refractivity contribution < 1.29 is 18.8 Å². The lowest BCUT2D eigenvalue weighted by molar-refractivity contribution is -0.130. The highest BCUT2D eigenvalue weighted by molar-refractivity contribution is 6.10. The second-order valence-corrected chi connectivity index (χ2v) is 8.36. The normalized spacial score (nSPS) is 16.7. The van der Waals surface area contributed by atoms with Gasteiger partial charge >= 0.3 is 0 Å². The first kappa shape index (κ1) is 22.9. The van der Waals surface area contributed by atoms with Gasteiger partial charge in [0.1, 0.15) is 12.4 Å². The summed E-state index contributed by atoms with van der Waals surface area (Å²) >= 11 is 0. The Balaban J connectivity index is 1.62. The molecule has 2 amide bonds. The molecule has 12 nitrogen and oxygen atoms in total. The molecule has 36 heavy (non-hydrogen) atoms. The molecule has 1 atom stereocenters. The maximum Gasteiger partial charge on any atom is 0.276 e. The van der Waals surface area contributed by atoms with Gasteiger partial charge in [-0.15, -0.1) is 0 Å². The quantitative estimate of drug-likeness (QED) is 0.235. The van der Waals surface area contributed by atoms with Crippen molar-refractivity contribution in [2.45, 2.75) is 19.6 Å². The molecular weight excluding hydrogens is 464 g/mol. The molecule has 2 aliphatic heterocycles. The van der Waals surface area contributed by atoms with Gasteiger partial charge in [-0.2, -0.15) is 0 Å². The number of hydrogen-bond donors (Lipinski definition) is 4. The predicted molar refractivity (Wildman–Crippen MR) is 131 cm³/mol. The number of para-hydroxylation sites is 1. The first-order valence-electron chi connectivity index (χ1n) is 11.1. The fourth-order valence-electron chi connectivity index (χ4n) is 4.30. The molecule has 0 aliphatic carbocycles. The number of nitrogen functional groups attached to an aromatic ring is 1. The third-order valence-electron chi connectivity index (χ3n) is 6.05. The first-order valence-corrected chi connectivity index (χ1v) is 11.1. The molecule has 12 heteroatoms. The fraction of sp³-hybridized carbons (Fsp3) is 0.167. The molecule has 1 aromatic carbocycles. The van der Waals surface area contributed by atoms with Gasteiger partial charge in [0, 0.05) is 18.2 Å². The molecule has 0 fully saturated rings. The van der Waals surface area contributed by atoms with E-state index in [9.17, 15) is 14.4 Å². The van der Waals surface area contributed by atoms with E-state index in [1.54, 1.807) is 18.4 Å². The van der Waals surface area contributed by atoms with Crippen LogP contribution in [0.5, 0.6) is 0 Å². The Bertz CT molecular complexity index is 1390. The van der Waals surface area contributed by atoms with Crippen molar-refractivity contribution in [3.63, 3.8) is 0 Å². The van der Waals surface area contributed by atoms with E-state index in [1.165, 1.54) is 22.8 Å². The number of nitrogens with zero attached hydrogens (tertiary/aromatic N) is 4. The van der Waals surface area contributed by atoms with E-state index >= 15 is 0 Å². The largest absolute Gasteiger partial charge is 0.451 e. The molecule has 0 radical (unpaired) electrons. The summed E-state index contributed by atoms with van der Waals surface area (Å²) in [7, 11) is 0. The highest BCUT2D eigenvalue weighted by Gasteiger charge is 2.36. The summed E-state index contributed by atoms with van der Waals surface area (Å²) in [6, 6.07) is 9.35. The summed E-state index contributed by atoms with van der Waals surface area (Å²) in [5.74, 6) is 11.5. The smallest absolute Gasteiger partial charge is 0.276 e. The molecule has 184 valence electrons. The summed E-state index contributed by atoms with van der Waals surface area (Å²) in [5.41, 5.74) is 3.34. The molecule has 0 spiro atoms. The van der Waals surface area contributed by atoms with Gasteiger partial charge in [-0.1, -0.05) is 18.2 Å². The van der Waals surface area contributed by atoms with E-state index in [1.807, 2.05) is 30.3 Å².